The summed E-state index contributed by atoms with van der Waals surface area (Å²) in [6.07, 6.45) is 4.58. The second kappa shape index (κ2) is 6.36. The summed E-state index contributed by atoms with van der Waals surface area (Å²) in [7, 11) is 2.19. The normalized spacial score (nSPS) is 22.3. The Hall–Kier alpha value is -1.04. The summed E-state index contributed by atoms with van der Waals surface area (Å²) in [5.41, 5.74) is 4.00. The van der Waals surface area contributed by atoms with Gasteiger partial charge in [-0.25, -0.2) is 0 Å². The molecule has 0 saturated heterocycles. The van der Waals surface area contributed by atoms with Crippen LogP contribution in [0, 0.1) is 6.92 Å². The minimum atomic E-state index is 0. The van der Waals surface area contributed by atoms with Crippen LogP contribution in [0.5, 0.6) is 11.5 Å². The Bertz CT molecular complexity index is 754. The fourth-order valence-electron chi connectivity index (χ4n) is 4.64. The highest BCUT2D eigenvalue weighted by Crippen LogP contribution is 2.57. The molecular weight excluding hydrogens is 386 g/mol. The Morgan fingerprint density at radius 3 is 2.50 bits per heavy atom. The van der Waals surface area contributed by atoms with Crippen LogP contribution in [0.2, 0.25) is 0 Å². The summed E-state index contributed by atoms with van der Waals surface area (Å²) in [6.45, 7) is 3.21. The van der Waals surface area contributed by atoms with Gasteiger partial charge in [-0.05, 0) is 73.5 Å². The predicted octanol–water partition coefficient (Wildman–Crippen LogP) is 4.70. The second-order valence-electron chi connectivity index (χ2n) is 7.07. The number of rotatable bonds is 2. The Labute approximate surface area is 157 Å². The first-order valence-electron chi connectivity index (χ1n) is 8.32. The fourth-order valence-corrected chi connectivity index (χ4v) is 5.45. The quantitative estimate of drug-likeness (QED) is 0.706. The van der Waals surface area contributed by atoms with Crippen LogP contribution in [-0.2, 0) is 11.8 Å². The fraction of sp³-hybridized carbons (Fsp3) is 0.474. The van der Waals surface area contributed by atoms with Crippen molar-refractivity contribution < 1.29 is 10.2 Å². The van der Waals surface area contributed by atoms with Gasteiger partial charge in [0.1, 0.15) is 0 Å². The zero-order valence-electron chi connectivity index (χ0n) is 14.1. The van der Waals surface area contributed by atoms with Crippen molar-refractivity contribution in [3.63, 3.8) is 0 Å². The lowest BCUT2D eigenvalue weighted by atomic mass is 9.57. The highest BCUT2D eigenvalue weighted by molar-refractivity contribution is 8.93. The molecule has 24 heavy (non-hydrogen) atoms. The zero-order valence-corrected chi connectivity index (χ0v) is 16.6. The Kier molecular flexibility index (Phi) is 4.71. The van der Waals surface area contributed by atoms with Gasteiger partial charge in [0.15, 0.2) is 11.5 Å². The van der Waals surface area contributed by atoms with E-state index >= 15 is 0 Å². The third-order valence-corrected chi connectivity index (χ3v) is 6.72. The molecule has 1 aliphatic carbocycles. The lowest BCUT2D eigenvalue weighted by Crippen LogP contribution is -2.50. The highest BCUT2D eigenvalue weighted by atomic mass is 79.9. The highest BCUT2D eigenvalue weighted by Gasteiger charge is 2.50. The lowest BCUT2D eigenvalue weighted by molar-refractivity contribution is 0.0714. The van der Waals surface area contributed by atoms with Gasteiger partial charge in [-0.2, -0.15) is 0 Å². The summed E-state index contributed by atoms with van der Waals surface area (Å²) in [5.74, 6) is 0.00184. The van der Waals surface area contributed by atoms with Crippen molar-refractivity contribution in [1.29, 1.82) is 0 Å². The minimum Gasteiger partial charge on any atom is -0.504 e. The van der Waals surface area contributed by atoms with Crippen LogP contribution in [0.15, 0.2) is 23.6 Å². The molecular formula is C19H24BrNO2S. The molecule has 130 valence electrons. The van der Waals surface area contributed by atoms with Crippen molar-refractivity contribution in [2.45, 2.75) is 44.1 Å². The van der Waals surface area contributed by atoms with Gasteiger partial charge in [-0.3, -0.25) is 4.90 Å². The zero-order chi connectivity index (χ0) is 16.2. The summed E-state index contributed by atoms with van der Waals surface area (Å²) >= 11 is 1.82. The minimum absolute atomic E-state index is 0. The molecule has 0 bridgehead atoms. The van der Waals surface area contributed by atoms with Crippen LogP contribution in [0.25, 0.3) is 0 Å². The number of phenols is 2. The lowest BCUT2D eigenvalue weighted by Gasteiger charge is -2.53. The number of likely N-dealkylation sites (N-methyl/N-ethyl adjacent to an activating group) is 1. The number of aromatic hydroxyl groups is 2. The number of benzene rings is 1. The average Bonchev–Trinajstić information content (AvgIpc) is 2.89. The molecule has 2 N–H and O–H groups in total. The molecule has 2 heterocycles. The van der Waals surface area contributed by atoms with Crippen molar-refractivity contribution in [3.8, 4) is 11.5 Å². The Balaban J connectivity index is 0.00000169. The molecule has 0 radical (unpaired) electrons. The largest absolute Gasteiger partial charge is 0.504 e. The van der Waals surface area contributed by atoms with Gasteiger partial charge in [-0.1, -0.05) is 6.42 Å². The molecule has 1 aromatic heterocycles. The maximum Gasteiger partial charge on any atom is 0.157 e. The van der Waals surface area contributed by atoms with Crippen LogP contribution in [0.1, 0.15) is 46.9 Å². The van der Waals surface area contributed by atoms with E-state index in [-0.39, 0.29) is 39.9 Å². The monoisotopic (exact) mass is 409 g/mol. The van der Waals surface area contributed by atoms with Gasteiger partial charge in [0.05, 0.1) is 0 Å². The topological polar surface area (TPSA) is 43.7 Å². The molecule has 2 aliphatic rings. The molecule has 0 spiro atoms. The van der Waals surface area contributed by atoms with E-state index in [2.05, 4.69) is 30.3 Å². The van der Waals surface area contributed by atoms with E-state index in [0.717, 1.165) is 13.0 Å². The number of nitrogens with zero attached hydrogens (tertiary/aromatic N) is 1. The molecule has 1 aromatic carbocycles. The third kappa shape index (κ3) is 2.49. The van der Waals surface area contributed by atoms with Crippen LogP contribution in [0.3, 0.4) is 0 Å². The second-order valence-corrected chi connectivity index (χ2v) is 8.19. The van der Waals surface area contributed by atoms with E-state index < -0.39 is 0 Å². The van der Waals surface area contributed by atoms with Crippen molar-refractivity contribution in [1.82, 2.24) is 4.90 Å². The molecule has 1 aliphatic heterocycles. The maximum absolute atomic E-state index is 10.1. The van der Waals surface area contributed by atoms with E-state index in [1.54, 1.807) is 12.1 Å². The number of fused-ring (bicyclic) bond motifs is 1. The van der Waals surface area contributed by atoms with Gasteiger partial charge in [-0.15, -0.1) is 28.3 Å². The summed E-state index contributed by atoms with van der Waals surface area (Å²) in [6, 6.07) is 6.13. The number of aryl methyl sites for hydroxylation is 1. The maximum atomic E-state index is 10.1. The average molecular weight is 410 g/mol. The van der Waals surface area contributed by atoms with Gasteiger partial charge in [0.25, 0.3) is 0 Å². The molecule has 4 rings (SSSR count). The van der Waals surface area contributed by atoms with Crippen molar-refractivity contribution in [3.05, 3.63) is 45.1 Å². The van der Waals surface area contributed by atoms with Crippen molar-refractivity contribution in [2.24, 2.45) is 0 Å². The molecule has 2 aromatic rings. The first kappa shape index (κ1) is 17.8. The van der Waals surface area contributed by atoms with E-state index in [0.29, 0.717) is 0 Å². The van der Waals surface area contributed by atoms with E-state index in [1.165, 1.54) is 40.8 Å². The summed E-state index contributed by atoms with van der Waals surface area (Å²) in [5, 5.41) is 22.1. The van der Waals surface area contributed by atoms with E-state index in [9.17, 15) is 10.2 Å². The summed E-state index contributed by atoms with van der Waals surface area (Å²) < 4.78 is 0. The van der Waals surface area contributed by atoms with E-state index in [4.69, 9.17) is 0 Å². The number of halogens is 1. The van der Waals surface area contributed by atoms with Crippen LogP contribution < -0.4 is 0 Å². The molecule has 0 amide bonds. The predicted molar refractivity (Wildman–Crippen MR) is 104 cm³/mol. The third-order valence-electron chi connectivity index (χ3n) is 5.87. The van der Waals surface area contributed by atoms with Gasteiger partial charge in [0, 0.05) is 22.9 Å². The standard InChI is InChI=1S/C19H23NO2S.BrH/c1-12-15(5-9-23-12)19(6-3-7-19)18-14-11-17(22)16(21)10-13(14)4-8-20(18)2;/h5,9-11,18,21-22H,3-4,6-8H2,1-2H3;1H. The molecule has 1 atom stereocenters. The van der Waals surface area contributed by atoms with E-state index in [1.807, 2.05) is 11.3 Å². The SMILES string of the molecule is Br.Cc1sccc1C1(C2c3cc(O)c(O)cc3CCN2C)CCC1. The number of hydrogen-bond donors (Lipinski definition) is 2. The number of phenolic OH excluding ortho intramolecular Hbond substituents is 2. The number of hydrogen-bond acceptors (Lipinski definition) is 4. The first-order valence-corrected chi connectivity index (χ1v) is 9.20. The smallest absolute Gasteiger partial charge is 0.157 e. The van der Waals surface area contributed by atoms with Crippen molar-refractivity contribution >= 4 is 28.3 Å². The molecule has 3 nitrogen and oxygen atoms in total. The molecule has 1 fully saturated rings. The molecule has 1 unspecified atom stereocenters. The van der Waals surface area contributed by atoms with Gasteiger partial charge >= 0.3 is 0 Å². The van der Waals surface area contributed by atoms with Gasteiger partial charge < -0.3 is 10.2 Å². The van der Waals surface area contributed by atoms with Crippen LogP contribution >= 0.6 is 28.3 Å². The van der Waals surface area contributed by atoms with Gasteiger partial charge in [0.2, 0.25) is 0 Å². The Morgan fingerprint density at radius 1 is 1.21 bits per heavy atom. The van der Waals surface area contributed by atoms with Crippen LogP contribution in [-0.4, -0.2) is 28.7 Å². The molecule has 5 heteroatoms. The molecule has 1 saturated carbocycles. The summed E-state index contributed by atoms with van der Waals surface area (Å²) in [4.78, 5) is 3.85. The number of thiophene rings is 1. The first-order chi connectivity index (χ1) is 11.0. The van der Waals surface area contributed by atoms with Crippen LogP contribution in [0.4, 0.5) is 0 Å². The van der Waals surface area contributed by atoms with Crippen molar-refractivity contribution in [2.75, 3.05) is 13.6 Å². The Morgan fingerprint density at radius 2 is 1.92 bits per heavy atom.